The molecule has 0 aromatic heterocycles. The van der Waals surface area contributed by atoms with E-state index >= 15 is 0 Å². The summed E-state index contributed by atoms with van der Waals surface area (Å²) in [5, 5.41) is 13.2. The van der Waals surface area contributed by atoms with Gasteiger partial charge in [0.1, 0.15) is 18.2 Å². The van der Waals surface area contributed by atoms with E-state index in [4.69, 9.17) is 4.74 Å². The van der Waals surface area contributed by atoms with Crippen LogP contribution >= 0.6 is 0 Å². The largest absolute Gasteiger partial charge is 0.491 e. The SMILES string of the molecule is CN1C(CNc2cccc(C(=O)N[C@H]3COc4cc(F)ccc43)c2)NNC1C1CCNCN1. The Morgan fingerprint density at radius 3 is 3.00 bits per heavy atom. The van der Waals surface area contributed by atoms with E-state index in [1.807, 2.05) is 18.2 Å². The highest BCUT2D eigenvalue weighted by Gasteiger charge is 2.35. The van der Waals surface area contributed by atoms with E-state index in [2.05, 4.69) is 44.1 Å². The number of carbonyl (C=O) groups excluding carboxylic acids is 1. The fourth-order valence-electron chi connectivity index (χ4n) is 4.61. The molecule has 6 N–H and O–H groups in total. The van der Waals surface area contributed by atoms with Gasteiger partial charge in [-0.05, 0) is 44.3 Å². The number of carbonyl (C=O) groups is 1. The molecule has 176 valence electrons. The summed E-state index contributed by atoms with van der Waals surface area (Å²) in [6.07, 6.45) is 1.38. The third-order valence-corrected chi connectivity index (χ3v) is 6.52. The molecular weight excluding hydrogens is 425 g/mol. The fraction of sp³-hybridized carbons (Fsp3) is 0.435. The van der Waals surface area contributed by atoms with Gasteiger partial charge in [0.05, 0.1) is 18.4 Å². The molecule has 2 aromatic carbocycles. The number of nitrogens with zero attached hydrogens (tertiary/aromatic N) is 1. The molecule has 3 aliphatic heterocycles. The van der Waals surface area contributed by atoms with Crippen molar-refractivity contribution in [2.45, 2.75) is 30.8 Å². The van der Waals surface area contributed by atoms with Crippen molar-refractivity contribution < 1.29 is 13.9 Å². The first-order valence-electron chi connectivity index (χ1n) is 11.3. The van der Waals surface area contributed by atoms with Crippen molar-refractivity contribution in [1.29, 1.82) is 0 Å². The first-order chi connectivity index (χ1) is 16.1. The maximum atomic E-state index is 13.4. The molecule has 0 saturated carbocycles. The van der Waals surface area contributed by atoms with Crippen LogP contribution in [0.25, 0.3) is 0 Å². The maximum absolute atomic E-state index is 13.4. The molecule has 0 bridgehead atoms. The van der Waals surface area contributed by atoms with Gasteiger partial charge in [-0.25, -0.2) is 15.2 Å². The van der Waals surface area contributed by atoms with Crippen molar-refractivity contribution in [1.82, 2.24) is 31.7 Å². The zero-order valence-electron chi connectivity index (χ0n) is 18.5. The lowest BCUT2D eigenvalue weighted by atomic mass is 10.1. The predicted octanol–water partition coefficient (Wildman–Crippen LogP) is 0.702. The van der Waals surface area contributed by atoms with E-state index in [0.29, 0.717) is 30.5 Å². The summed E-state index contributed by atoms with van der Waals surface area (Å²) in [7, 11) is 2.10. The second-order valence-electron chi connectivity index (χ2n) is 8.67. The number of anilines is 1. The molecule has 0 spiro atoms. The Labute approximate surface area is 192 Å². The van der Waals surface area contributed by atoms with Crippen LogP contribution in [0.3, 0.4) is 0 Å². The molecular formula is C23H30FN7O2. The second-order valence-corrected chi connectivity index (χ2v) is 8.67. The van der Waals surface area contributed by atoms with Gasteiger partial charge in [0.2, 0.25) is 0 Å². The molecule has 3 heterocycles. The number of halogens is 1. The molecule has 9 nitrogen and oxygen atoms in total. The van der Waals surface area contributed by atoms with Crippen molar-refractivity contribution in [3.8, 4) is 5.75 Å². The highest BCUT2D eigenvalue weighted by atomic mass is 19.1. The average Bonchev–Trinajstić information content (AvgIpc) is 3.41. The van der Waals surface area contributed by atoms with Crippen LogP contribution in [0.5, 0.6) is 5.75 Å². The van der Waals surface area contributed by atoms with Crippen molar-refractivity contribution in [2.75, 3.05) is 38.7 Å². The Balaban J connectivity index is 1.17. The van der Waals surface area contributed by atoms with Crippen LogP contribution in [0.2, 0.25) is 0 Å². The van der Waals surface area contributed by atoms with Crippen molar-refractivity contribution in [3.05, 3.63) is 59.4 Å². The number of ether oxygens (including phenoxy) is 1. The molecule has 3 aliphatic rings. The van der Waals surface area contributed by atoms with Gasteiger partial charge in [-0.15, -0.1) is 0 Å². The molecule has 2 saturated heterocycles. The molecule has 2 fully saturated rings. The average molecular weight is 456 g/mol. The van der Waals surface area contributed by atoms with Gasteiger partial charge in [-0.3, -0.25) is 15.0 Å². The second kappa shape index (κ2) is 9.62. The smallest absolute Gasteiger partial charge is 0.251 e. The number of hydrazine groups is 1. The Morgan fingerprint density at radius 1 is 1.24 bits per heavy atom. The van der Waals surface area contributed by atoms with Crippen LogP contribution in [0.1, 0.15) is 28.4 Å². The third kappa shape index (κ3) is 4.80. The normalized spacial score (nSPS) is 27.1. The molecule has 4 atom stereocenters. The van der Waals surface area contributed by atoms with Gasteiger partial charge in [-0.2, -0.15) is 0 Å². The van der Waals surface area contributed by atoms with Gasteiger partial charge in [0, 0.05) is 42.1 Å². The number of benzene rings is 2. The van der Waals surface area contributed by atoms with Crippen LogP contribution < -0.4 is 36.9 Å². The van der Waals surface area contributed by atoms with Crippen LogP contribution in [0.15, 0.2) is 42.5 Å². The van der Waals surface area contributed by atoms with Crippen LogP contribution in [0.4, 0.5) is 10.1 Å². The van der Waals surface area contributed by atoms with Crippen LogP contribution in [-0.2, 0) is 0 Å². The summed E-state index contributed by atoms with van der Waals surface area (Å²) < 4.78 is 18.9. The number of hydrogen-bond donors (Lipinski definition) is 6. The Kier molecular flexibility index (Phi) is 6.43. The zero-order valence-corrected chi connectivity index (χ0v) is 18.5. The molecule has 1 amide bonds. The van der Waals surface area contributed by atoms with Gasteiger partial charge in [-0.1, -0.05) is 12.1 Å². The minimum Gasteiger partial charge on any atom is -0.491 e. The van der Waals surface area contributed by atoms with Crippen molar-refractivity contribution in [3.63, 3.8) is 0 Å². The Bertz CT molecular complexity index is 1000. The maximum Gasteiger partial charge on any atom is 0.251 e. The quantitative estimate of drug-likeness (QED) is 0.379. The third-order valence-electron chi connectivity index (χ3n) is 6.52. The first-order valence-corrected chi connectivity index (χ1v) is 11.3. The molecule has 10 heteroatoms. The minimum absolute atomic E-state index is 0.108. The Morgan fingerprint density at radius 2 is 2.15 bits per heavy atom. The number of fused-ring (bicyclic) bond motifs is 1. The molecule has 0 aliphatic carbocycles. The van der Waals surface area contributed by atoms with Gasteiger partial charge in [0.25, 0.3) is 5.91 Å². The highest BCUT2D eigenvalue weighted by molar-refractivity contribution is 5.95. The van der Waals surface area contributed by atoms with E-state index in [-0.39, 0.29) is 30.1 Å². The number of nitrogens with one attached hydrogen (secondary N) is 6. The highest BCUT2D eigenvalue weighted by Crippen LogP contribution is 2.33. The number of amides is 1. The zero-order chi connectivity index (χ0) is 22.8. The standard InChI is InChI=1S/C23H30FN7O2/c1-31-21(29-30-22(31)18-7-8-25-13-27-18)11-26-16-4-2-3-14(9-16)23(32)28-19-12-33-20-10-15(24)5-6-17(19)20/h2-6,9-10,18-19,21-22,25-27,29-30H,7-8,11-13H2,1H3,(H,28,32)/t18?,19-,21?,22?/m0/s1. The Hall–Kier alpha value is -2.76. The van der Waals surface area contributed by atoms with Crippen LogP contribution in [0, 0.1) is 5.82 Å². The lowest BCUT2D eigenvalue weighted by Gasteiger charge is -2.33. The van der Waals surface area contributed by atoms with Crippen LogP contribution in [-0.4, -0.2) is 62.6 Å². The monoisotopic (exact) mass is 455 g/mol. The summed E-state index contributed by atoms with van der Waals surface area (Å²) in [6.45, 7) is 2.80. The summed E-state index contributed by atoms with van der Waals surface area (Å²) in [4.78, 5) is 15.1. The van der Waals surface area contributed by atoms with E-state index in [1.165, 1.54) is 12.1 Å². The lowest BCUT2D eigenvalue weighted by molar-refractivity contribution is 0.0930. The molecule has 5 rings (SSSR count). The van der Waals surface area contributed by atoms with Gasteiger partial charge < -0.3 is 20.7 Å². The van der Waals surface area contributed by atoms with Gasteiger partial charge >= 0.3 is 0 Å². The van der Waals surface area contributed by atoms with Crippen molar-refractivity contribution in [2.24, 2.45) is 0 Å². The van der Waals surface area contributed by atoms with E-state index in [1.54, 1.807) is 12.1 Å². The van der Waals surface area contributed by atoms with E-state index in [0.717, 1.165) is 30.9 Å². The van der Waals surface area contributed by atoms with Crippen molar-refractivity contribution >= 4 is 11.6 Å². The number of hydrogen-bond acceptors (Lipinski definition) is 8. The lowest BCUT2D eigenvalue weighted by Crippen LogP contribution is -2.57. The summed E-state index contributed by atoms with van der Waals surface area (Å²) in [5.41, 5.74) is 8.96. The summed E-state index contributed by atoms with van der Waals surface area (Å²) >= 11 is 0. The first kappa shape index (κ1) is 22.1. The fourth-order valence-corrected chi connectivity index (χ4v) is 4.61. The molecule has 2 aromatic rings. The molecule has 0 radical (unpaired) electrons. The predicted molar refractivity (Wildman–Crippen MR) is 123 cm³/mol. The molecule has 3 unspecified atom stereocenters. The topological polar surface area (TPSA) is 102 Å². The van der Waals surface area contributed by atoms with Gasteiger partial charge in [0.15, 0.2) is 0 Å². The molecule has 33 heavy (non-hydrogen) atoms. The van der Waals surface area contributed by atoms with E-state index < -0.39 is 0 Å². The summed E-state index contributed by atoms with van der Waals surface area (Å²) in [5.74, 6) is -0.0646. The number of likely N-dealkylation sites (N-methyl/N-ethyl adjacent to an activating group) is 1. The summed E-state index contributed by atoms with van der Waals surface area (Å²) in [6, 6.07) is 11.9. The minimum atomic E-state index is -0.351. The van der Waals surface area contributed by atoms with E-state index in [9.17, 15) is 9.18 Å². The number of rotatable bonds is 6.